The van der Waals surface area contributed by atoms with Gasteiger partial charge in [-0.2, -0.15) is 0 Å². The van der Waals surface area contributed by atoms with E-state index in [1.165, 1.54) is 16.5 Å². The monoisotopic (exact) mass is 349 g/mol. The van der Waals surface area contributed by atoms with E-state index in [9.17, 15) is 13.2 Å². The molecule has 1 saturated heterocycles. The minimum Gasteiger partial charge on any atom is -0.361 e. The lowest BCUT2D eigenvalue weighted by molar-refractivity contribution is 0.238. The predicted octanol–water partition coefficient (Wildman–Crippen LogP) is 1.76. The second-order valence-electron chi connectivity index (χ2n) is 6.26. The van der Waals surface area contributed by atoms with Crippen molar-refractivity contribution in [2.24, 2.45) is 0 Å². The predicted molar refractivity (Wildman–Crippen MR) is 95.0 cm³/mol. The molecule has 0 unspecified atom stereocenters. The molecule has 3 N–H and O–H groups in total. The Labute approximate surface area is 141 Å². The average Bonchev–Trinajstić information content (AvgIpc) is 3.10. The Balaban J connectivity index is 1.52. The van der Waals surface area contributed by atoms with E-state index in [2.05, 4.69) is 40.7 Å². The van der Waals surface area contributed by atoms with Crippen LogP contribution >= 0.6 is 0 Å². The van der Waals surface area contributed by atoms with E-state index in [1.54, 1.807) is 0 Å². The van der Waals surface area contributed by atoms with Crippen molar-refractivity contribution in [3.05, 3.63) is 35.5 Å². The fraction of sp³-hybridized carbons (Fsp3) is 0.471. The molecule has 2 heterocycles. The van der Waals surface area contributed by atoms with Crippen LogP contribution in [0.3, 0.4) is 0 Å². The Morgan fingerprint density at radius 1 is 1.33 bits per heavy atom. The summed E-state index contributed by atoms with van der Waals surface area (Å²) in [5, 5.41) is 6.74. The number of hydrogen-bond acceptors (Lipinski definition) is 3. The molecule has 1 atom stereocenters. The van der Waals surface area contributed by atoms with Gasteiger partial charge in [0.15, 0.2) is 9.84 Å². The first-order valence-corrected chi connectivity index (χ1v) is 10.1. The van der Waals surface area contributed by atoms with Crippen LogP contribution in [-0.4, -0.2) is 43.5 Å². The van der Waals surface area contributed by atoms with Gasteiger partial charge in [0.1, 0.15) is 0 Å². The van der Waals surface area contributed by atoms with Gasteiger partial charge >= 0.3 is 6.03 Å². The number of aromatic nitrogens is 1. The zero-order valence-corrected chi connectivity index (χ0v) is 14.6. The molecule has 0 spiro atoms. The Morgan fingerprint density at radius 2 is 2.17 bits per heavy atom. The van der Waals surface area contributed by atoms with Gasteiger partial charge in [0.2, 0.25) is 0 Å². The Morgan fingerprint density at radius 3 is 2.88 bits per heavy atom. The number of H-pyrrole nitrogens is 1. The lowest BCUT2D eigenvalue weighted by Crippen LogP contribution is -2.43. The molecule has 2 aromatic rings. The van der Waals surface area contributed by atoms with Crippen molar-refractivity contribution in [2.75, 3.05) is 18.1 Å². The van der Waals surface area contributed by atoms with Crippen molar-refractivity contribution in [1.82, 2.24) is 15.6 Å². The van der Waals surface area contributed by atoms with Gasteiger partial charge in [-0.05, 0) is 30.4 Å². The van der Waals surface area contributed by atoms with Gasteiger partial charge in [0.05, 0.1) is 11.5 Å². The Kier molecular flexibility index (Phi) is 4.80. The first-order chi connectivity index (χ1) is 11.5. The summed E-state index contributed by atoms with van der Waals surface area (Å²) < 4.78 is 22.8. The SMILES string of the molecule is CCc1cccc2c(CCNC(=O)N[C@H]3CCS(=O)(=O)C3)c[nH]c12. The van der Waals surface area contributed by atoms with Crippen molar-refractivity contribution in [1.29, 1.82) is 0 Å². The number of aromatic amines is 1. The first kappa shape index (κ1) is 16.8. The van der Waals surface area contributed by atoms with Crippen LogP contribution in [0.1, 0.15) is 24.5 Å². The summed E-state index contributed by atoms with van der Waals surface area (Å²) in [5.74, 6) is 0.204. The minimum atomic E-state index is -2.97. The summed E-state index contributed by atoms with van der Waals surface area (Å²) in [6.45, 7) is 2.64. The van der Waals surface area contributed by atoms with E-state index in [-0.39, 0.29) is 23.6 Å². The molecule has 6 nitrogen and oxygen atoms in total. The quantitative estimate of drug-likeness (QED) is 0.768. The molecule has 1 aromatic carbocycles. The molecule has 7 heteroatoms. The highest BCUT2D eigenvalue weighted by molar-refractivity contribution is 7.91. The smallest absolute Gasteiger partial charge is 0.315 e. The molecular formula is C17H23N3O3S. The van der Waals surface area contributed by atoms with Gasteiger partial charge < -0.3 is 15.6 Å². The van der Waals surface area contributed by atoms with Crippen LogP contribution in [-0.2, 0) is 22.7 Å². The van der Waals surface area contributed by atoms with Gasteiger partial charge in [-0.25, -0.2) is 13.2 Å². The number of rotatable bonds is 5. The molecule has 2 amide bonds. The summed E-state index contributed by atoms with van der Waals surface area (Å²) in [7, 11) is -2.97. The van der Waals surface area contributed by atoms with E-state index < -0.39 is 9.84 Å². The minimum absolute atomic E-state index is 0.0443. The fourth-order valence-corrected chi connectivity index (χ4v) is 4.91. The van der Waals surface area contributed by atoms with Crippen molar-refractivity contribution in [3.63, 3.8) is 0 Å². The molecule has 0 aliphatic carbocycles. The molecular weight excluding hydrogens is 326 g/mol. The number of para-hydroxylation sites is 1. The second kappa shape index (κ2) is 6.84. The Hall–Kier alpha value is -2.02. The number of benzene rings is 1. The second-order valence-corrected chi connectivity index (χ2v) is 8.49. The van der Waals surface area contributed by atoms with Crippen molar-refractivity contribution >= 4 is 26.8 Å². The van der Waals surface area contributed by atoms with E-state index >= 15 is 0 Å². The third-order valence-corrected chi connectivity index (χ3v) is 6.28. The number of urea groups is 1. The van der Waals surface area contributed by atoms with Gasteiger partial charge in [-0.1, -0.05) is 25.1 Å². The third kappa shape index (κ3) is 3.72. The van der Waals surface area contributed by atoms with E-state index in [0.29, 0.717) is 13.0 Å². The summed E-state index contributed by atoms with van der Waals surface area (Å²) >= 11 is 0. The number of sulfone groups is 1. The van der Waals surface area contributed by atoms with Crippen LogP contribution in [0, 0.1) is 0 Å². The maximum absolute atomic E-state index is 11.9. The zero-order valence-electron chi connectivity index (χ0n) is 13.8. The lowest BCUT2D eigenvalue weighted by Gasteiger charge is -2.11. The molecule has 0 bridgehead atoms. The number of nitrogens with one attached hydrogen (secondary N) is 3. The van der Waals surface area contributed by atoms with Crippen LogP contribution in [0.2, 0.25) is 0 Å². The number of hydrogen-bond donors (Lipinski definition) is 3. The highest BCUT2D eigenvalue weighted by atomic mass is 32.2. The molecule has 1 aliphatic heterocycles. The van der Waals surface area contributed by atoms with Gasteiger partial charge in [0.25, 0.3) is 0 Å². The van der Waals surface area contributed by atoms with Crippen LogP contribution in [0.5, 0.6) is 0 Å². The molecule has 3 rings (SSSR count). The van der Waals surface area contributed by atoms with Crippen LogP contribution < -0.4 is 10.6 Å². The largest absolute Gasteiger partial charge is 0.361 e. The van der Waals surface area contributed by atoms with Crippen LogP contribution in [0.25, 0.3) is 10.9 Å². The molecule has 1 aliphatic rings. The zero-order chi connectivity index (χ0) is 17.2. The summed E-state index contributed by atoms with van der Waals surface area (Å²) in [4.78, 5) is 15.2. The van der Waals surface area contributed by atoms with Crippen molar-refractivity contribution in [3.8, 4) is 0 Å². The van der Waals surface area contributed by atoms with Crippen molar-refractivity contribution < 1.29 is 13.2 Å². The van der Waals surface area contributed by atoms with E-state index in [0.717, 1.165) is 18.4 Å². The summed E-state index contributed by atoms with van der Waals surface area (Å²) in [5.41, 5.74) is 3.62. The van der Waals surface area contributed by atoms with Crippen LogP contribution in [0.15, 0.2) is 24.4 Å². The highest BCUT2D eigenvalue weighted by Crippen LogP contribution is 2.22. The number of aryl methyl sites for hydroxylation is 1. The molecule has 1 fully saturated rings. The topological polar surface area (TPSA) is 91.1 Å². The number of carbonyl (C=O) groups is 1. The van der Waals surface area contributed by atoms with Gasteiger partial charge in [0, 0.05) is 29.7 Å². The standard InChI is InChI=1S/C17H23N3O3S/c1-2-12-4-3-5-15-13(10-19-16(12)15)6-8-18-17(21)20-14-7-9-24(22,23)11-14/h3-5,10,14,19H,2,6-9,11H2,1H3,(H2,18,20,21)/t14-/m0/s1. The van der Waals surface area contributed by atoms with E-state index in [4.69, 9.17) is 0 Å². The molecule has 130 valence electrons. The normalized spacial score (nSPS) is 19.5. The maximum atomic E-state index is 11.9. The maximum Gasteiger partial charge on any atom is 0.315 e. The molecule has 0 radical (unpaired) electrons. The van der Waals surface area contributed by atoms with Crippen LogP contribution in [0.4, 0.5) is 4.79 Å². The van der Waals surface area contributed by atoms with Gasteiger partial charge in [-0.3, -0.25) is 0 Å². The fourth-order valence-electron chi connectivity index (χ4n) is 3.23. The van der Waals surface area contributed by atoms with Gasteiger partial charge in [-0.15, -0.1) is 0 Å². The number of fused-ring (bicyclic) bond motifs is 1. The van der Waals surface area contributed by atoms with E-state index in [1.807, 2.05) is 6.20 Å². The number of amides is 2. The summed E-state index contributed by atoms with van der Waals surface area (Å²) in [6, 6.07) is 5.69. The number of carbonyl (C=O) groups excluding carboxylic acids is 1. The Bertz CT molecular complexity index is 842. The lowest BCUT2D eigenvalue weighted by atomic mass is 10.1. The average molecular weight is 349 g/mol. The third-order valence-electron chi connectivity index (χ3n) is 4.52. The highest BCUT2D eigenvalue weighted by Gasteiger charge is 2.28. The summed E-state index contributed by atoms with van der Waals surface area (Å²) in [6.07, 6.45) is 4.19. The molecule has 0 saturated carbocycles. The van der Waals surface area contributed by atoms with Crippen molar-refractivity contribution in [2.45, 2.75) is 32.2 Å². The molecule has 24 heavy (non-hydrogen) atoms. The molecule has 1 aromatic heterocycles. The first-order valence-electron chi connectivity index (χ1n) is 8.31.